The minimum Gasteiger partial charge on any atom is -0.468 e. The summed E-state index contributed by atoms with van der Waals surface area (Å²) in [6.07, 6.45) is 2.25. The lowest BCUT2D eigenvalue weighted by atomic mass is 10.2. The van der Waals surface area contributed by atoms with Crippen molar-refractivity contribution in [3.05, 3.63) is 23.8 Å². The van der Waals surface area contributed by atoms with E-state index in [1.807, 2.05) is 25.1 Å². The maximum atomic E-state index is 11.7. The molecule has 3 nitrogen and oxygen atoms in total. The molecule has 0 heterocycles. The molecule has 1 fully saturated rings. The Labute approximate surface area is 106 Å². The summed E-state index contributed by atoms with van der Waals surface area (Å²) < 4.78 is 4.86. The van der Waals surface area contributed by atoms with Gasteiger partial charge in [-0.2, -0.15) is 0 Å². The fraction of sp³-hybridized carbons (Fsp3) is 0.462. The average Bonchev–Trinajstić information content (AvgIpc) is 3.13. The number of benzene rings is 1. The van der Waals surface area contributed by atoms with Crippen molar-refractivity contribution < 1.29 is 9.53 Å². The van der Waals surface area contributed by atoms with Crippen LogP contribution < -0.4 is 5.73 Å². The highest BCUT2D eigenvalue weighted by Gasteiger charge is 2.37. The third-order valence-electron chi connectivity index (χ3n) is 2.99. The van der Waals surface area contributed by atoms with Gasteiger partial charge in [-0.15, -0.1) is 11.8 Å². The normalized spacial score (nSPS) is 16.6. The van der Waals surface area contributed by atoms with Crippen LogP contribution in [0.15, 0.2) is 23.1 Å². The van der Waals surface area contributed by atoms with E-state index in [0.29, 0.717) is 5.92 Å². The van der Waals surface area contributed by atoms with Crippen molar-refractivity contribution in [1.29, 1.82) is 0 Å². The van der Waals surface area contributed by atoms with E-state index in [2.05, 4.69) is 0 Å². The fourth-order valence-corrected chi connectivity index (χ4v) is 3.06. The summed E-state index contributed by atoms with van der Waals surface area (Å²) in [5, 5.41) is -0.0666. The van der Waals surface area contributed by atoms with Gasteiger partial charge in [-0.3, -0.25) is 4.79 Å². The summed E-state index contributed by atoms with van der Waals surface area (Å²) >= 11 is 1.58. The molecule has 17 heavy (non-hydrogen) atoms. The Hall–Kier alpha value is -1.16. The Morgan fingerprint density at radius 2 is 2.24 bits per heavy atom. The highest BCUT2D eigenvalue weighted by molar-refractivity contribution is 8.00. The number of hydrogen-bond acceptors (Lipinski definition) is 4. The quantitative estimate of drug-likeness (QED) is 0.508. The second kappa shape index (κ2) is 5.00. The monoisotopic (exact) mass is 251 g/mol. The van der Waals surface area contributed by atoms with Gasteiger partial charge in [-0.1, -0.05) is 0 Å². The number of thioether (sulfide) groups is 1. The Morgan fingerprint density at radius 3 is 2.76 bits per heavy atom. The van der Waals surface area contributed by atoms with Gasteiger partial charge in [0.2, 0.25) is 0 Å². The molecule has 2 N–H and O–H groups in total. The lowest BCUT2D eigenvalue weighted by Gasteiger charge is -2.14. The summed E-state index contributed by atoms with van der Waals surface area (Å²) in [6, 6.07) is 5.88. The highest BCUT2D eigenvalue weighted by atomic mass is 32.2. The Morgan fingerprint density at radius 1 is 1.53 bits per heavy atom. The first-order valence-electron chi connectivity index (χ1n) is 5.72. The first-order chi connectivity index (χ1) is 8.11. The van der Waals surface area contributed by atoms with Crippen LogP contribution in [0.1, 0.15) is 18.4 Å². The number of anilines is 1. The van der Waals surface area contributed by atoms with Crippen molar-refractivity contribution in [2.45, 2.75) is 29.9 Å². The largest absolute Gasteiger partial charge is 0.468 e. The standard InChI is InChI=1S/C13H17NO2S/c1-8-7-10(5-6-11(8)14)17-12(9-3-4-9)13(15)16-2/h5-7,9,12H,3-4,14H2,1-2H3. The van der Waals surface area contributed by atoms with E-state index < -0.39 is 0 Å². The van der Waals surface area contributed by atoms with E-state index in [1.165, 1.54) is 7.11 Å². The number of nitrogens with two attached hydrogens (primary N) is 1. The molecule has 1 aliphatic carbocycles. The molecule has 1 aliphatic rings. The molecule has 4 heteroatoms. The molecule has 0 saturated heterocycles. The van der Waals surface area contributed by atoms with Gasteiger partial charge >= 0.3 is 5.97 Å². The molecule has 1 aromatic carbocycles. The SMILES string of the molecule is COC(=O)C(Sc1ccc(N)c(C)c1)C1CC1. The van der Waals surface area contributed by atoms with Gasteiger partial charge in [0.25, 0.3) is 0 Å². The number of aryl methyl sites for hydroxylation is 1. The number of nitrogen functional groups attached to an aromatic ring is 1. The molecular formula is C13H17NO2S. The molecule has 0 spiro atoms. The van der Waals surface area contributed by atoms with Crippen LogP contribution in [0, 0.1) is 12.8 Å². The Kier molecular flexibility index (Phi) is 3.62. The number of rotatable bonds is 4. The minimum absolute atomic E-state index is 0.0666. The molecule has 2 rings (SSSR count). The molecule has 0 bridgehead atoms. The lowest BCUT2D eigenvalue weighted by molar-refractivity contribution is -0.140. The number of carbonyl (C=O) groups excluding carboxylic acids is 1. The Balaban J connectivity index is 2.11. The van der Waals surface area contributed by atoms with Crippen LogP contribution in [0.4, 0.5) is 5.69 Å². The lowest BCUT2D eigenvalue weighted by Crippen LogP contribution is -2.20. The van der Waals surface area contributed by atoms with E-state index in [0.717, 1.165) is 29.0 Å². The third-order valence-corrected chi connectivity index (χ3v) is 4.35. The topological polar surface area (TPSA) is 52.3 Å². The number of methoxy groups -OCH3 is 1. The van der Waals surface area contributed by atoms with Crippen LogP contribution in [0.5, 0.6) is 0 Å². The van der Waals surface area contributed by atoms with E-state index in [9.17, 15) is 4.79 Å². The summed E-state index contributed by atoms with van der Waals surface area (Å²) in [4.78, 5) is 12.8. The summed E-state index contributed by atoms with van der Waals surface area (Å²) in [7, 11) is 1.45. The smallest absolute Gasteiger partial charge is 0.319 e. The van der Waals surface area contributed by atoms with E-state index in [-0.39, 0.29) is 11.2 Å². The van der Waals surface area contributed by atoms with Gasteiger partial charge < -0.3 is 10.5 Å². The second-order valence-corrected chi connectivity index (χ2v) is 5.63. The van der Waals surface area contributed by atoms with E-state index >= 15 is 0 Å². The van der Waals surface area contributed by atoms with Crippen LogP contribution >= 0.6 is 11.8 Å². The fourth-order valence-electron chi connectivity index (χ4n) is 1.72. The molecule has 92 valence electrons. The second-order valence-electron chi connectivity index (χ2n) is 4.42. The van der Waals surface area contributed by atoms with Crippen LogP contribution in [0.25, 0.3) is 0 Å². The molecule has 0 aliphatic heterocycles. The molecule has 1 aromatic rings. The molecule has 1 atom stereocenters. The minimum atomic E-state index is -0.119. The van der Waals surface area contributed by atoms with Crippen LogP contribution in [-0.4, -0.2) is 18.3 Å². The van der Waals surface area contributed by atoms with E-state index in [4.69, 9.17) is 10.5 Å². The number of hydrogen-bond donors (Lipinski definition) is 1. The highest BCUT2D eigenvalue weighted by Crippen LogP contribution is 2.42. The van der Waals surface area contributed by atoms with Crippen molar-refractivity contribution in [2.24, 2.45) is 5.92 Å². The summed E-state index contributed by atoms with van der Waals surface area (Å²) in [5.41, 5.74) is 7.61. The van der Waals surface area contributed by atoms with Crippen molar-refractivity contribution in [1.82, 2.24) is 0 Å². The summed E-state index contributed by atoms with van der Waals surface area (Å²) in [6.45, 7) is 1.98. The van der Waals surface area contributed by atoms with Crippen LogP contribution in [0.2, 0.25) is 0 Å². The third kappa shape index (κ3) is 2.94. The maximum Gasteiger partial charge on any atom is 0.319 e. The molecule has 0 aromatic heterocycles. The van der Waals surface area contributed by atoms with Gasteiger partial charge in [-0.25, -0.2) is 0 Å². The Bertz CT molecular complexity index is 429. The van der Waals surface area contributed by atoms with Crippen molar-refractivity contribution in [3.63, 3.8) is 0 Å². The van der Waals surface area contributed by atoms with Gasteiger partial charge in [0.1, 0.15) is 5.25 Å². The van der Waals surface area contributed by atoms with Gasteiger partial charge in [-0.05, 0) is 49.4 Å². The molecule has 0 amide bonds. The zero-order valence-electron chi connectivity index (χ0n) is 10.1. The van der Waals surface area contributed by atoms with Gasteiger partial charge in [0, 0.05) is 10.6 Å². The average molecular weight is 251 g/mol. The van der Waals surface area contributed by atoms with Gasteiger partial charge in [0.15, 0.2) is 0 Å². The first kappa shape index (κ1) is 12.3. The number of esters is 1. The van der Waals surface area contributed by atoms with Crippen molar-refractivity contribution in [3.8, 4) is 0 Å². The molecule has 1 saturated carbocycles. The number of ether oxygens (including phenoxy) is 1. The van der Waals surface area contributed by atoms with Crippen molar-refractivity contribution >= 4 is 23.4 Å². The zero-order valence-corrected chi connectivity index (χ0v) is 10.9. The predicted octanol–water partition coefficient (Wildman–Crippen LogP) is 2.62. The zero-order chi connectivity index (χ0) is 12.4. The maximum absolute atomic E-state index is 11.7. The first-order valence-corrected chi connectivity index (χ1v) is 6.60. The molecule has 1 unspecified atom stereocenters. The van der Waals surface area contributed by atoms with E-state index in [1.54, 1.807) is 11.8 Å². The van der Waals surface area contributed by atoms with Crippen LogP contribution in [-0.2, 0) is 9.53 Å². The number of carbonyl (C=O) groups is 1. The predicted molar refractivity (Wildman–Crippen MR) is 70.0 cm³/mol. The summed E-state index contributed by atoms with van der Waals surface area (Å²) in [5.74, 6) is 0.359. The molecular weight excluding hydrogens is 234 g/mol. The van der Waals surface area contributed by atoms with Gasteiger partial charge in [0.05, 0.1) is 7.11 Å². The molecule has 0 radical (unpaired) electrons. The van der Waals surface area contributed by atoms with Crippen molar-refractivity contribution in [2.75, 3.05) is 12.8 Å². The van der Waals surface area contributed by atoms with Crippen LogP contribution in [0.3, 0.4) is 0 Å².